The van der Waals surface area contributed by atoms with Crippen LogP contribution in [0.25, 0.3) is 0 Å². The van der Waals surface area contributed by atoms with Gasteiger partial charge in [0.25, 0.3) is 10.0 Å². The summed E-state index contributed by atoms with van der Waals surface area (Å²) in [5.41, 5.74) is 2.41. The third-order valence-electron chi connectivity index (χ3n) is 10.4. The number of nitrogens with zero attached hydrogens (tertiary/aromatic N) is 1. The summed E-state index contributed by atoms with van der Waals surface area (Å²) in [6.45, 7) is 8.34. The van der Waals surface area contributed by atoms with Gasteiger partial charge < -0.3 is 4.74 Å². The first-order valence-electron chi connectivity index (χ1n) is 13.3. The van der Waals surface area contributed by atoms with Gasteiger partial charge in [-0.3, -0.25) is 4.79 Å². The van der Waals surface area contributed by atoms with Crippen LogP contribution in [0, 0.1) is 41.4 Å². The van der Waals surface area contributed by atoms with Crippen molar-refractivity contribution in [3.05, 3.63) is 29.8 Å². The molecule has 4 aliphatic rings. The maximum atomic E-state index is 12.7. The van der Waals surface area contributed by atoms with E-state index in [-0.39, 0.29) is 27.8 Å². The fourth-order valence-electron chi connectivity index (χ4n) is 8.40. The second-order valence-electron chi connectivity index (χ2n) is 12.2. The highest BCUT2D eigenvalue weighted by Gasteiger charge is 2.60. The van der Waals surface area contributed by atoms with Crippen LogP contribution < -0.4 is 4.83 Å². The van der Waals surface area contributed by atoms with Crippen molar-refractivity contribution in [2.24, 2.45) is 39.6 Å². The minimum absolute atomic E-state index is 0.0723. The summed E-state index contributed by atoms with van der Waals surface area (Å²) in [5.74, 6) is 2.44. The van der Waals surface area contributed by atoms with Crippen molar-refractivity contribution in [3.63, 3.8) is 0 Å². The van der Waals surface area contributed by atoms with Crippen LogP contribution in [-0.2, 0) is 19.6 Å². The number of carbonyl (C=O) groups is 1. The summed E-state index contributed by atoms with van der Waals surface area (Å²) in [5, 5.41) is 4.41. The Morgan fingerprint density at radius 3 is 2.43 bits per heavy atom. The molecular weight excluding hydrogens is 460 g/mol. The second-order valence-corrected chi connectivity index (χ2v) is 13.8. The number of aryl methyl sites for hydroxylation is 1. The average Bonchev–Trinajstić information content (AvgIpc) is 3.13. The number of sulfonamides is 1. The third kappa shape index (κ3) is 4.32. The molecule has 7 heteroatoms. The predicted molar refractivity (Wildman–Crippen MR) is 136 cm³/mol. The number of hydrogen-bond acceptors (Lipinski definition) is 5. The molecule has 192 valence electrons. The van der Waals surface area contributed by atoms with Crippen LogP contribution in [-0.4, -0.2) is 26.2 Å². The molecule has 4 fully saturated rings. The van der Waals surface area contributed by atoms with Gasteiger partial charge in [0.15, 0.2) is 0 Å². The van der Waals surface area contributed by atoms with Gasteiger partial charge in [-0.2, -0.15) is 13.5 Å². The zero-order valence-corrected chi connectivity index (χ0v) is 22.4. The Morgan fingerprint density at radius 1 is 1.00 bits per heavy atom. The molecule has 1 aromatic carbocycles. The monoisotopic (exact) mass is 500 g/mol. The Kier molecular flexibility index (Phi) is 6.30. The molecule has 1 aromatic rings. The van der Waals surface area contributed by atoms with Crippen molar-refractivity contribution in [2.75, 3.05) is 0 Å². The first-order valence-corrected chi connectivity index (χ1v) is 14.8. The number of hydrazone groups is 1. The largest absolute Gasteiger partial charge is 0.462 e. The SMILES string of the molecule is CC(=O)O[C@H]1CC[C@H]2[C@@H]3CC[C@H]4CC(=NNS(=O)(=O)c5ccc(C)cc5)CC[C@]4(C)[C@H]3CC[C@]12C. The zero-order chi connectivity index (χ0) is 25.0. The highest BCUT2D eigenvalue weighted by molar-refractivity contribution is 7.89. The first kappa shape index (κ1) is 24.8. The molecule has 5 rings (SSSR count). The Hall–Kier alpha value is -1.89. The van der Waals surface area contributed by atoms with Crippen molar-refractivity contribution < 1.29 is 17.9 Å². The normalized spacial score (nSPS) is 39.9. The molecule has 4 saturated carbocycles. The molecule has 0 radical (unpaired) electrons. The Labute approximate surface area is 210 Å². The van der Waals surface area contributed by atoms with Gasteiger partial charge in [-0.1, -0.05) is 31.5 Å². The van der Waals surface area contributed by atoms with E-state index in [1.807, 2.05) is 6.92 Å². The van der Waals surface area contributed by atoms with Gasteiger partial charge in [-0.25, -0.2) is 4.83 Å². The highest BCUT2D eigenvalue weighted by Crippen LogP contribution is 2.66. The first-order chi connectivity index (χ1) is 16.5. The second kappa shape index (κ2) is 8.89. The number of rotatable bonds is 4. The van der Waals surface area contributed by atoms with E-state index in [0.29, 0.717) is 23.7 Å². The standard InChI is InChI=1S/C28H40N2O4S/c1-18-5-8-22(9-6-18)35(32,33)30-29-21-13-15-27(3)20(17-21)7-10-23-24-11-12-26(34-19(2)31)28(24,4)16-14-25(23)27/h5-6,8-9,20,23-26,30H,7,10-17H2,1-4H3/t20-,23-,24-,25-,26-,27-,28-/m0/s1. The number of nitrogens with one attached hydrogen (secondary N) is 1. The van der Waals surface area contributed by atoms with Gasteiger partial charge in [-0.15, -0.1) is 0 Å². The Bertz CT molecular complexity index is 1110. The van der Waals surface area contributed by atoms with Crippen molar-refractivity contribution in [2.45, 2.75) is 96.5 Å². The molecule has 7 atom stereocenters. The molecule has 0 saturated heterocycles. The molecular formula is C28H40N2O4S. The highest BCUT2D eigenvalue weighted by atomic mass is 32.2. The van der Waals surface area contributed by atoms with E-state index in [0.717, 1.165) is 43.4 Å². The molecule has 0 heterocycles. The zero-order valence-electron chi connectivity index (χ0n) is 21.5. The number of carbonyl (C=O) groups excluding carboxylic acids is 1. The van der Waals surface area contributed by atoms with Gasteiger partial charge in [0, 0.05) is 18.1 Å². The minimum Gasteiger partial charge on any atom is -0.462 e. The van der Waals surface area contributed by atoms with Gasteiger partial charge in [0.2, 0.25) is 0 Å². The van der Waals surface area contributed by atoms with E-state index in [1.54, 1.807) is 24.3 Å². The summed E-state index contributed by atoms with van der Waals surface area (Å²) in [4.78, 5) is 14.5. The van der Waals surface area contributed by atoms with Crippen molar-refractivity contribution in [1.82, 2.24) is 4.83 Å². The number of benzene rings is 1. The van der Waals surface area contributed by atoms with Gasteiger partial charge in [-0.05, 0) is 106 Å². The molecule has 0 unspecified atom stereocenters. The minimum atomic E-state index is -3.64. The van der Waals surface area contributed by atoms with Crippen LogP contribution in [0.1, 0.15) is 84.1 Å². The summed E-state index contributed by atoms with van der Waals surface area (Å²) < 4.78 is 31.2. The van der Waals surface area contributed by atoms with E-state index in [9.17, 15) is 13.2 Å². The summed E-state index contributed by atoms with van der Waals surface area (Å²) in [7, 11) is -3.64. The summed E-state index contributed by atoms with van der Waals surface area (Å²) >= 11 is 0. The van der Waals surface area contributed by atoms with Gasteiger partial charge >= 0.3 is 5.97 Å². The topological polar surface area (TPSA) is 84.8 Å². The number of esters is 1. The van der Waals surface area contributed by atoms with E-state index >= 15 is 0 Å². The lowest BCUT2D eigenvalue weighted by atomic mass is 9.45. The number of fused-ring (bicyclic) bond motifs is 5. The van der Waals surface area contributed by atoms with Crippen molar-refractivity contribution >= 4 is 21.7 Å². The Morgan fingerprint density at radius 2 is 1.71 bits per heavy atom. The summed E-state index contributed by atoms with van der Waals surface area (Å²) in [6, 6.07) is 6.87. The molecule has 1 N–H and O–H groups in total. The van der Waals surface area contributed by atoms with Crippen molar-refractivity contribution in [1.29, 1.82) is 0 Å². The van der Waals surface area contributed by atoms with Crippen LogP contribution >= 0.6 is 0 Å². The van der Waals surface area contributed by atoms with Crippen LogP contribution in [0.15, 0.2) is 34.3 Å². The lowest BCUT2D eigenvalue weighted by Crippen LogP contribution is -2.54. The van der Waals surface area contributed by atoms with Crippen LogP contribution in [0.2, 0.25) is 0 Å². The molecule has 6 nitrogen and oxygen atoms in total. The number of hydrogen-bond donors (Lipinski definition) is 1. The van der Waals surface area contributed by atoms with Gasteiger partial charge in [0.05, 0.1) is 4.90 Å². The summed E-state index contributed by atoms with van der Waals surface area (Å²) in [6.07, 6.45) is 9.78. The fourth-order valence-corrected chi connectivity index (χ4v) is 9.25. The quantitative estimate of drug-likeness (QED) is 0.431. The average molecular weight is 501 g/mol. The van der Waals surface area contributed by atoms with Crippen LogP contribution in [0.5, 0.6) is 0 Å². The maximum absolute atomic E-state index is 12.7. The lowest BCUT2D eigenvalue weighted by Gasteiger charge is -2.60. The predicted octanol–water partition coefficient (Wildman–Crippen LogP) is 5.60. The maximum Gasteiger partial charge on any atom is 0.302 e. The molecule has 35 heavy (non-hydrogen) atoms. The molecule has 0 amide bonds. The fraction of sp³-hybridized carbons (Fsp3) is 0.714. The van der Waals surface area contributed by atoms with Crippen LogP contribution in [0.4, 0.5) is 0 Å². The van der Waals surface area contributed by atoms with E-state index in [2.05, 4.69) is 23.8 Å². The third-order valence-corrected chi connectivity index (χ3v) is 11.6. The van der Waals surface area contributed by atoms with Crippen LogP contribution in [0.3, 0.4) is 0 Å². The van der Waals surface area contributed by atoms with Gasteiger partial charge in [0.1, 0.15) is 6.10 Å². The Balaban J connectivity index is 1.28. The number of ether oxygens (including phenoxy) is 1. The van der Waals surface area contributed by atoms with E-state index < -0.39 is 10.0 Å². The van der Waals surface area contributed by atoms with E-state index in [1.165, 1.54) is 32.6 Å². The molecule has 0 aliphatic heterocycles. The van der Waals surface area contributed by atoms with E-state index in [4.69, 9.17) is 4.74 Å². The lowest BCUT2D eigenvalue weighted by molar-refractivity contribution is -0.160. The molecule has 4 aliphatic carbocycles. The molecule has 0 bridgehead atoms. The molecule has 0 aromatic heterocycles. The smallest absolute Gasteiger partial charge is 0.302 e. The molecule has 0 spiro atoms. The van der Waals surface area contributed by atoms with Crippen molar-refractivity contribution in [3.8, 4) is 0 Å².